The summed E-state index contributed by atoms with van der Waals surface area (Å²) in [7, 11) is 0. The molecule has 0 radical (unpaired) electrons. The van der Waals surface area contributed by atoms with Gasteiger partial charge in [0.05, 0.1) is 15.9 Å². The topological polar surface area (TPSA) is 38.1 Å². The van der Waals surface area contributed by atoms with E-state index in [1.807, 2.05) is 19.1 Å². The Morgan fingerprint density at radius 3 is 2.71 bits per heavy atom. The van der Waals surface area contributed by atoms with Crippen LogP contribution in [0.3, 0.4) is 0 Å². The summed E-state index contributed by atoms with van der Waals surface area (Å²) in [6.07, 6.45) is 3.27. The molecule has 1 aromatic carbocycles. The molecule has 0 amide bonds. The fraction of sp³-hybridized carbons (Fsp3) is 0.500. The van der Waals surface area contributed by atoms with Crippen LogP contribution in [0.25, 0.3) is 10.9 Å². The lowest BCUT2D eigenvalue weighted by atomic mass is 10.2. The van der Waals surface area contributed by atoms with Crippen molar-refractivity contribution in [3.05, 3.63) is 39.4 Å². The highest BCUT2D eigenvalue weighted by Gasteiger charge is 2.15. The van der Waals surface area contributed by atoms with Crippen LogP contribution in [0.2, 0.25) is 5.02 Å². The van der Waals surface area contributed by atoms with Gasteiger partial charge in [-0.05, 0) is 38.1 Å². The number of aryl methyl sites for hydroxylation is 1. The second kappa shape index (κ2) is 6.16. The largest absolute Gasteiger partial charge is 0.302 e. The number of aromatic nitrogens is 2. The average molecular weight is 306 g/mol. The smallest absolute Gasteiger partial charge is 0.262 e. The normalized spacial score (nSPS) is 15.9. The lowest BCUT2D eigenvalue weighted by Crippen LogP contribution is -2.31. The van der Waals surface area contributed by atoms with Crippen LogP contribution in [-0.4, -0.2) is 34.1 Å². The Hall–Kier alpha value is -1.39. The van der Waals surface area contributed by atoms with Crippen LogP contribution in [0.4, 0.5) is 0 Å². The summed E-state index contributed by atoms with van der Waals surface area (Å²) in [6, 6.07) is 5.45. The summed E-state index contributed by atoms with van der Waals surface area (Å²) in [6.45, 7) is 5.90. The summed E-state index contributed by atoms with van der Waals surface area (Å²) in [4.78, 5) is 19.8. The average Bonchev–Trinajstić information content (AvgIpc) is 2.99. The lowest BCUT2D eigenvalue weighted by Gasteiger charge is -2.18. The molecule has 112 valence electrons. The minimum Gasteiger partial charge on any atom is -0.302 e. The molecule has 0 bridgehead atoms. The number of halogens is 1. The Morgan fingerprint density at radius 2 is 2.00 bits per heavy atom. The number of hydrogen-bond acceptors (Lipinski definition) is 3. The Labute approximate surface area is 129 Å². The van der Waals surface area contributed by atoms with E-state index >= 15 is 0 Å². The number of benzene rings is 1. The molecular formula is C16H20ClN3O. The highest BCUT2D eigenvalue weighted by Crippen LogP contribution is 2.19. The second-order valence-corrected chi connectivity index (χ2v) is 5.93. The maximum atomic E-state index is 12.8. The van der Waals surface area contributed by atoms with Gasteiger partial charge in [-0.15, -0.1) is 0 Å². The van der Waals surface area contributed by atoms with Gasteiger partial charge >= 0.3 is 0 Å². The van der Waals surface area contributed by atoms with Crippen molar-refractivity contribution < 1.29 is 0 Å². The van der Waals surface area contributed by atoms with Crippen molar-refractivity contribution in [3.8, 4) is 0 Å². The van der Waals surface area contributed by atoms with Crippen molar-refractivity contribution in [3.63, 3.8) is 0 Å². The number of hydrogen-bond donors (Lipinski definition) is 0. The molecule has 0 aliphatic carbocycles. The first-order valence-corrected chi connectivity index (χ1v) is 7.99. The molecule has 21 heavy (non-hydrogen) atoms. The first-order valence-electron chi connectivity index (χ1n) is 7.61. The molecular weight excluding hydrogens is 286 g/mol. The van der Waals surface area contributed by atoms with Crippen molar-refractivity contribution in [2.75, 3.05) is 19.6 Å². The minimum atomic E-state index is -0.0124. The van der Waals surface area contributed by atoms with Gasteiger partial charge in [0, 0.05) is 19.5 Å². The van der Waals surface area contributed by atoms with Crippen molar-refractivity contribution >= 4 is 22.5 Å². The van der Waals surface area contributed by atoms with E-state index in [4.69, 9.17) is 11.6 Å². The molecule has 2 heterocycles. The molecule has 0 spiro atoms. The van der Waals surface area contributed by atoms with E-state index in [0.29, 0.717) is 22.5 Å². The van der Waals surface area contributed by atoms with Gasteiger partial charge in [-0.3, -0.25) is 9.36 Å². The summed E-state index contributed by atoms with van der Waals surface area (Å²) in [5, 5.41) is 1.03. The first kappa shape index (κ1) is 14.5. The van der Waals surface area contributed by atoms with E-state index < -0.39 is 0 Å². The minimum absolute atomic E-state index is 0.0124. The van der Waals surface area contributed by atoms with Crippen LogP contribution in [0.1, 0.15) is 25.6 Å². The second-order valence-electron chi connectivity index (χ2n) is 5.52. The van der Waals surface area contributed by atoms with Crippen LogP contribution in [0.5, 0.6) is 0 Å². The number of fused-ring (bicyclic) bond motifs is 1. The Bertz CT molecular complexity index is 704. The summed E-state index contributed by atoms with van der Waals surface area (Å²) in [5.41, 5.74) is 0.684. The molecule has 1 aromatic heterocycles. The van der Waals surface area contributed by atoms with E-state index in [1.165, 1.54) is 12.8 Å². The van der Waals surface area contributed by atoms with Crippen LogP contribution in [0, 0.1) is 0 Å². The molecule has 1 saturated heterocycles. The van der Waals surface area contributed by atoms with Gasteiger partial charge in [-0.1, -0.05) is 24.6 Å². The van der Waals surface area contributed by atoms with Gasteiger partial charge in [0.15, 0.2) is 0 Å². The van der Waals surface area contributed by atoms with E-state index in [-0.39, 0.29) is 5.56 Å². The third-order valence-corrected chi connectivity index (χ3v) is 4.48. The molecule has 1 fully saturated rings. The molecule has 4 nitrogen and oxygen atoms in total. The highest BCUT2D eigenvalue weighted by atomic mass is 35.5. The Kier molecular flexibility index (Phi) is 4.27. The van der Waals surface area contributed by atoms with Crippen LogP contribution in [0.15, 0.2) is 23.0 Å². The zero-order valence-corrected chi connectivity index (χ0v) is 13.1. The fourth-order valence-corrected chi connectivity index (χ4v) is 3.27. The third kappa shape index (κ3) is 2.83. The van der Waals surface area contributed by atoms with E-state index in [2.05, 4.69) is 9.88 Å². The maximum Gasteiger partial charge on any atom is 0.262 e. The SMILES string of the molecule is CCc1nc2cccc(Cl)c2c(=O)n1CCN1CCCC1. The van der Waals surface area contributed by atoms with Crippen molar-refractivity contribution in [2.45, 2.75) is 32.7 Å². The molecule has 0 saturated carbocycles. The quantitative estimate of drug-likeness (QED) is 0.872. The lowest BCUT2D eigenvalue weighted by molar-refractivity contribution is 0.318. The fourth-order valence-electron chi connectivity index (χ4n) is 3.02. The van der Waals surface area contributed by atoms with Gasteiger partial charge in [-0.25, -0.2) is 4.98 Å². The van der Waals surface area contributed by atoms with Gasteiger partial charge in [0.1, 0.15) is 5.82 Å². The Morgan fingerprint density at radius 1 is 1.24 bits per heavy atom. The molecule has 0 N–H and O–H groups in total. The van der Waals surface area contributed by atoms with Crippen molar-refractivity contribution in [1.82, 2.24) is 14.5 Å². The van der Waals surface area contributed by atoms with E-state index in [0.717, 1.165) is 31.9 Å². The molecule has 1 aliphatic rings. The van der Waals surface area contributed by atoms with E-state index in [9.17, 15) is 4.79 Å². The number of rotatable bonds is 4. The van der Waals surface area contributed by atoms with Gasteiger partial charge in [0.25, 0.3) is 5.56 Å². The van der Waals surface area contributed by atoms with Gasteiger partial charge < -0.3 is 4.90 Å². The first-order chi connectivity index (χ1) is 10.2. The third-order valence-electron chi connectivity index (χ3n) is 4.17. The zero-order chi connectivity index (χ0) is 14.8. The molecule has 5 heteroatoms. The van der Waals surface area contributed by atoms with Crippen LogP contribution in [-0.2, 0) is 13.0 Å². The number of likely N-dealkylation sites (tertiary alicyclic amines) is 1. The maximum absolute atomic E-state index is 12.8. The summed E-state index contributed by atoms with van der Waals surface area (Å²) >= 11 is 6.19. The van der Waals surface area contributed by atoms with Gasteiger partial charge in [0.2, 0.25) is 0 Å². The number of nitrogens with zero attached hydrogens (tertiary/aromatic N) is 3. The van der Waals surface area contributed by atoms with E-state index in [1.54, 1.807) is 10.6 Å². The highest BCUT2D eigenvalue weighted by molar-refractivity contribution is 6.35. The van der Waals surface area contributed by atoms with Crippen molar-refractivity contribution in [1.29, 1.82) is 0 Å². The van der Waals surface area contributed by atoms with Crippen LogP contribution >= 0.6 is 11.6 Å². The molecule has 0 atom stereocenters. The standard InChI is InChI=1S/C16H20ClN3O/c1-2-14-18-13-7-5-6-12(17)15(13)16(21)20(14)11-10-19-8-3-4-9-19/h5-7H,2-4,8-11H2,1H3. The monoisotopic (exact) mass is 305 g/mol. The summed E-state index contributed by atoms with van der Waals surface area (Å²) in [5.74, 6) is 0.842. The molecule has 0 unspecified atom stereocenters. The van der Waals surface area contributed by atoms with Crippen LogP contribution < -0.4 is 5.56 Å². The molecule has 3 rings (SSSR count). The molecule has 1 aliphatic heterocycles. The summed E-state index contributed by atoms with van der Waals surface area (Å²) < 4.78 is 1.80. The molecule has 2 aromatic rings. The zero-order valence-electron chi connectivity index (χ0n) is 12.3. The predicted octanol–water partition coefficient (Wildman–Crippen LogP) is 2.71. The Balaban J connectivity index is 2.01. The van der Waals surface area contributed by atoms with Gasteiger partial charge in [-0.2, -0.15) is 0 Å². The predicted molar refractivity (Wildman–Crippen MR) is 86.1 cm³/mol. The van der Waals surface area contributed by atoms with Crippen molar-refractivity contribution in [2.24, 2.45) is 0 Å².